The number of nitrogens with two attached hydrogens (primary N) is 1. The summed E-state index contributed by atoms with van der Waals surface area (Å²) in [5, 5.41) is 2.90. The Kier molecular flexibility index (Phi) is 7.75. The molecule has 4 nitrogen and oxygen atoms in total. The van der Waals surface area contributed by atoms with Gasteiger partial charge in [0.2, 0.25) is 5.91 Å². The van der Waals surface area contributed by atoms with Gasteiger partial charge in [-0.05, 0) is 39.3 Å². The molecule has 0 aliphatic rings. The van der Waals surface area contributed by atoms with Gasteiger partial charge in [0, 0.05) is 24.6 Å². The molecule has 0 aliphatic heterocycles. The number of ether oxygens (including phenoxy) is 1. The van der Waals surface area contributed by atoms with Crippen molar-refractivity contribution in [2.75, 3.05) is 6.54 Å². The summed E-state index contributed by atoms with van der Waals surface area (Å²) >= 11 is 0. The van der Waals surface area contributed by atoms with Crippen molar-refractivity contribution in [3.05, 3.63) is 29.3 Å². The summed E-state index contributed by atoms with van der Waals surface area (Å²) in [6.45, 7) is 10.7. The van der Waals surface area contributed by atoms with Crippen LogP contribution in [0.5, 0.6) is 5.75 Å². The lowest BCUT2D eigenvalue weighted by Gasteiger charge is -2.24. The van der Waals surface area contributed by atoms with Crippen LogP contribution in [0.4, 0.5) is 0 Å². The average molecular weight is 315 g/mol. The fourth-order valence-electron chi connectivity index (χ4n) is 1.70. The van der Waals surface area contributed by atoms with Crippen LogP contribution < -0.4 is 15.8 Å². The Labute approximate surface area is 133 Å². The molecule has 0 fully saturated rings. The first-order chi connectivity index (χ1) is 9.23. The van der Waals surface area contributed by atoms with Crippen LogP contribution in [0.15, 0.2) is 18.2 Å². The van der Waals surface area contributed by atoms with E-state index in [0.717, 1.165) is 16.9 Å². The summed E-state index contributed by atoms with van der Waals surface area (Å²) in [6, 6.07) is 6.01. The lowest BCUT2D eigenvalue weighted by atomic mass is 10.1. The molecule has 0 radical (unpaired) electrons. The van der Waals surface area contributed by atoms with Crippen molar-refractivity contribution < 1.29 is 9.53 Å². The van der Waals surface area contributed by atoms with Crippen molar-refractivity contribution in [1.29, 1.82) is 0 Å². The number of amides is 1. The molecule has 5 heteroatoms. The summed E-state index contributed by atoms with van der Waals surface area (Å²) in [4.78, 5) is 11.8. The van der Waals surface area contributed by atoms with Crippen LogP contribution >= 0.6 is 12.4 Å². The summed E-state index contributed by atoms with van der Waals surface area (Å²) in [5.41, 5.74) is 7.33. The Balaban J connectivity index is 0.00000400. The van der Waals surface area contributed by atoms with Crippen molar-refractivity contribution in [2.24, 2.45) is 11.7 Å². The highest BCUT2D eigenvalue weighted by molar-refractivity contribution is 5.85. The Morgan fingerprint density at radius 3 is 2.52 bits per heavy atom. The molecule has 0 aliphatic carbocycles. The first kappa shape index (κ1) is 19.7. The molecule has 1 unspecified atom stereocenters. The average Bonchev–Trinajstić information content (AvgIpc) is 2.34. The molecule has 1 atom stereocenters. The number of hydrogen-bond donors (Lipinski definition) is 2. The third kappa shape index (κ3) is 6.82. The van der Waals surface area contributed by atoms with Crippen LogP contribution in [0, 0.1) is 12.8 Å². The van der Waals surface area contributed by atoms with Gasteiger partial charge in [0.1, 0.15) is 11.4 Å². The highest BCUT2D eigenvalue weighted by Crippen LogP contribution is 2.24. The highest BCUT2D eigenvalue weighted by atomic mass is 35.5. The van der Waals surface area contributed by atoms with Gasteiger partial charge in [0.25, 0.3) is 0 Å². The molecule has 0 bridgehead atoms. The van der Waals surface area contributed by atoms with Crippen molar-refractivity contribution >= 4 is 18.3 Å². The minimum atomic E-state index is -0.267. The van der Waals surface area contributed by atoms with Crippen LogP contribution in [0.3, 0.4) is 0 Å². The van der Waals surface area contributed by atoms with Crippen molar-refractivity contribution in [3.8, 4) is 5.75 Å². The molecule has 3 N–H and O–H groups in total. The van der Waals surface area contributed by atoms with Gasteiger partial charge in [0.05, 0.1) is 0 Å². The van der Waals surface area contributed by atoms with E-state index in [1.54, 1.807) is 0 Å². The Hall–Kier alpha value is -1.26. The van der Waals surface area contributed by atoms with E-state index in [0.29, 0.717) is 13.1 Å². The fraction of sp³-hybridized carbons (Fsp3) is 0.562. The van der Waals surface area contributed by atoms with Crippen molar-refractivity contribution in [3.63, 3.8) is 0 Å². The first-order valence-electron chi connectivity index (χ1n) is 6.99. The third-order valence-electron chi connectivity index (χ3n) is 2.89. The molecule has 1 rings (SSSR count). The Bertz CT molecular complexity index is 470. The van der Waals surface area contributed by atoms with Crippen LogP contribution in [0.2, 0.25) is 0 Å². The molecule has 1 amide bonds. The van der Waals surface area contributed by atoms with Gasteiger partial charge < -0.3 is 15.8 Å². The van der Waals surface area contributed by atoms with Gasteiger partial charge in [-0.2, -0.15) is 0 Å². The van der Waals surface area contributed by atoms with E-state index in [1.165, 1.54) is 0 Å². The van der Waals surface area contributed by atoms with E-state index in [2.05, 4.69) is 5.32 Å². The predicted molar refractivity (Wildman–Crippen MR) is 88.9 cm³/mol. The van der Waals surface area contributed by atoms with Crippen LogP contribution in [-0.4, -0.2) is 18.1 Å². The first-order valence-corrected chi connectivity index (χ1v) is 6.99. The summed E-state index contributed by atoms with van der Waals surface area (Å²) in [6.07, 6.45) is 0. The summed E-state index contributed by atoms with van der Waals surface area (Å²) < 4.78 is 5.96. The fourth-order valence-corrected chi connectivity index (χ4v) is 1.70. The number of halogens is 1. The zero-order valence-electron chi connectivity index (χ0n) is 13.5. The molecule has 0 saturated carbocycles. The maximum Gasteiger partial charge on any atom is 0.224 e. The monoisotopic (exact) mass is 314 g/mol. The zero-order valence-corrected chi connectivity index (χ0v) is 14.3. The second-order valence-electron chi connectivity index (χ2n) is 6.18. The molecular formula is C16H27ClN2O2. The maximum absolute atomic E-state index is 11.8. The second-order valence-corrected chi connectivity index (χ2v) is 6.18. The Morgan fingerprint density at radius 1 is 1.38 bits per heavy atom. The molecule has 0 spiro atoms. The minimum absolute atomic E-state index is 0. The van der Waals surface area contributed by atoms with Gasteiger partial charge in [-0.1, -0.05) is 19.1 Å². The predicted octanol–water partition coefficient (Wildman–Crippen LogP) is 2.81. The molecule has 0 heterocycles. The van der Waals surface area contributed by atoms with Gasteiger partial charge in [-0.25, -0.2) is 0 Å². The molecule has 120 valence electrons. The normalized spacial score (nSPS) is 12.3. The van der Waals surface area contributed by atoms with Crippen molar-refractivity contribution in [2.45, 2.75) is 46.8 Å². The lowest BCUT2D eigenvalue weighted by Crippen LogP contribution is -2.33. The largest absolute Gasteiger partial charge is 0.488 e. The van der Waals surface area contributed by atoms with Crippen LogP contribution in [0.1, 0.15) is 38.8 Å². The van der Waals surface area contributed by atoms with Gasteiger partial charge in [-0.15, -0.1) is 12.4 Å². The summed E-state index contributed by atoms with van der Waals surface area (Å²) in [5.74, 6) is 0.611. The number of carbonyl (C=O) groups excluding carboxylic acids is 1. The third-order valence-corrected chi connectivity index (χ3v) is 2.89. The van der Waals surface area contributed by atoms with Crippen LogP contribution in [0.25, 0.3) is 0 Å². The van der Waals surface area contributed by atoms with E-state index in [-0.39, 0.29) is 29.8 Å². The lowest BCUT2D eigenvalue weighted by molar-refractivity contribution is -0.124. The molecule has 0 saturated heterocycles. The standard InChI is InChI=1S/C16H26N2O2.ClH/c1-11-6-7-13(10-18-15(19)12(2)9-17)14(8-11)20-16(3,4)5;/h6-8,12H,9-10,17H2,1-5H3,(H,18,19);1H. The number of aryl methyl sites for hydroxylation is 1. The van der Waals surface area contributed by atoms with Gasteiger partial charge in [-0.3, -0.25) is 4.79 Å². The number of rotatable bonds is 5. The van der Waals surface area contributed by atoms with E-state index in [4.69, 9.17) is 10.5 Å². The Morgan fingerprint density at radius 2 is 2.00 bits per heavy atom. The highest BCUT2D eigenvalue weighted by Gasteiger charge is 2.16. The van der Waals surface area contributed by atoms with E-state index < -0.39 is 0 Å². The molecule has 21 heavy (non-hydrogen) atoms. The number of nitrogens with one attached hydrogen (secondary N) is 1. The second kappa shape index (κ2) is 8.25. The number of benzene rings is 1. The van der Waals surface area contributed by atoms with E-state index in [9.17, 15) is 4.79 Å². The zero-order chi connectivity index (χ0) is 15.3. The molecule has 1 aromatic carbocycles. The number of hydrogen-bond acceptors (Lipinski definition) is 3. The molecule has 0 aromatic heterocycles. The molecule has 1 aromatic rings. The van der Waals surface area contributed by atoms with Gasteiger partial charge >= 0.3 is 0 Å². The summed E-state index contributed by atoms with van der Waals surface area (Å²) in [7, 11) is 0. The SMILES string of the molecule is Cc1ccc(CNC(=O)C(C)CN)c(OC(C)(C)C)c1.Cl. The minimum Gasteiger partial charge on any atom is -0.488 e. The smallest absolute Gasteiger partial charge is 0.224 e. The topological polar surface area (TPSA) is 64.4 Å². The number of carbonyl (C=O) groups is 1. The van der Waals surface area contributed by atoms with E-state index >= 15 is 0 Å². The van der Waals surface area contributed by atoms with E-state index in [1.807, 2.05) is 52.8 Å². The van der Waals surface area contributed by atoms with Gasteiger partial charge in [0.15, 0.2) is 0 Å². The maximum atomic E-state index is 11.8. The van der Waals surface area contributed by atoms with Crippen LogP contribution in [-0.2, 0) is 11.3 Å². The van der Waals surface area contributed by atoms with Crippen molar-refractivity contribution in [1.82, 2.24) is 5.32 Å². The quantitative estimate of drug-likeness (QED) is 0.878. The molecular weight excluding hydrogens is 288 g/mol.